The largest absolute Gasteiger partial charge is 0.489 e. The second kappa shape index (κ2) is 10.0. The molecule has 0 fully saturated rings. The zero-order chi connectivity index (χ0) is 23.3. The number of rotatable bonds is 9. The van der Waals surface area contributed by atoms with Crippen LogP contribution in [0.5, 0.6) is 5.75 Å². The Morgan fingerprint density at radius 3 is 2.27 bits per heavy atom. The second-order valence-electron chi connectivity index (χ2n) is 7.66. The molecule has 0 aliphatic heterocycles. The van der Waals surface area contributed by atoms with Crippen LogP contribution in [-0.4, -0.2) is 20.0 Å². The lowest BCUT2D eigenvalue weighted by Gasteiger charge is -2.06. The van der Waals surface area contributed by atoms with Gasteiger partial charge >= 0.3 is 0 Å². The molecule has 0 amide bonds. The molecule has 7 heteroatoms. The summed E-state index contributed by atoms with van der Waals surface area (Å²) in [7, 11) is -3.81. The van der Waals surface area contributed by atoms with Gasteiger partial charge in [-0.3, -0.25) is 4.18 Å². The molecule has 0 spiro atoms. The van der Waals surface area contributed by atoms with E-state index in [9.17, 15) is 8.42 Å². The lowest BCUT2D eigenvalue weighted by Crippen LogP contribution is -2.09. The molecule has 6 nitrogen and oxygen atoms in total. The van der Waals surface area contributed by atoms with E-state index in [1.54, 1.807) is 19.1 Å². The first kappa shape index (κ1) is 22.8. The van der Waals surface area contributed by atoms with Gasteiger partial charge in [-0.05, 0) is 55.8 Å². The Morgan fingerprint density at radius 2 is 1.58 bits per heavy atom. The summed E-state index contributed by atoms with van der Waals surface area (Å²) in [5, 5.41) is 0. The number of nitrogens with zero attached hydrogens (tertiary/aromatic N) is 1. The molecule has 0 aliphatic rings. The summed E-state index contributed by atoms with van der Waals surface area (Å²) in [6.07, 6.45) is 0.318. The van der Waals surface area contributed by atoms with Crippen molar-refractivity contribution < 1.29 is 21.8 Å². The Balaban J connectivity index is 1.35. The van der Waals surface area contributed by atoms with Gasteiger partial charge in [-0.15, -0.1) is 0 Å². The highest BCUT2D eigenvalue weighted by atomic mass is 32.2. The van der Waals surface area contributed by atoms with Crippen molar-refractivity contribution in [3.63, 3.8) is 0 Å². The summed E-state index contributed by atoms with van der Waals surface area (Å²) < 4.78 is 41.5. The summed E-state index contributed by atoms with van der Waals surface area (Å²) in [4.78, 5) is 4.66. The Morgan fingerprint density at radius 1 is 0.879 bits per heavy atom. The van der Waals surface area contributed by atoms with Crippen molar-refractivity contribution in [1.82, 2.24) is 4.98 Å². The molecule has 0 aliphatic carbocycles. The van der Waals surface area contributed by atoms with E-state index >= 15 is 0 Å². The lowest BCUT2D eigenvalue weighted by atomic mass is 10.2. The van der Waals surface area contributed by atoms with Crippen LogP contribution in [0.15, 0.2) is 88.2 Å². The number of ether oxygens (including phenoxy) is 1. The summed E-state index contributed by atoms with van der Waals surface area (Å²) in [6, 6.07) is 24.0. The molecule has 1 aromatic heterocycles. The van der Waals surface area contributed by atoms with E-state index in [0.29, 0.717) is 30.4 Å². The van der Waals surface area contributed by atoms with Gasteiger partial charge in [0.15, 0.2) is 0 Å². The van der Waals surface area contributed by atoms with Crippen LogP contribution in [0.3, 0.4) is 0 Å². The van der Waals surface area contributed by atoms with Crippen LogP contribution in [0.25, 0.3) is 11.5 Å². The summed E-state index contributed by atoms with van der Waals surface area (Å²) >= 11 is 0. The number of hydrogen-bond acceptors (Lipinski definition) is 6. The first-order valence-corrected chi connectivity index (χ1v) is 12.0. The summed E-state index contributed by atoms with van der Waals surface area (Å²) in [5.41, 5.74) is 3.55. The molecule has 0 atom stereocenters. The van der Waals surface area contributed by atoms with Gasteiger partial charge in [0.25, 0.3) is 10.1 Å². The topological polar surface area (TPSA) is 78.6 Å². The maximum absolute atomic E-state index is 12.3. The third-order valence-corrected chi connectivity index (χ3v) is 6.46. The van der Waals surface area contributed by atoms with Crippen LogP contribution in [0, 0.1) is 13.8 Å². The maximum atomic E-state index is 12.3. The van der Waals surface area contributed by atoms with Crippen molar-refractivity contribution >= 4 is 10.1 Å². The first-order chi connectivity index (χ1) is 15.9. The average molecular weight is 464 g/mol. The smallest absolute Gasteiger partial charge is 0.296 e. The fraction of sp³-hybridized carbons (Fsp3) is 0.192. The standard InChI is InChI=1S/C26H25NO5S/c1-19-8-14-24(15-9-19)33(28,29)31-17-16-25-20(2)32-26(27-25)22-10-12-23(13-11-22)30-18-21-6-4-3-5-7-21/h3-15H,16-18H2,1-2H3. The van der Waals surface area contributed by atoms with Gasteiger partial charge in [0.2, 0.25) is 5.89 Å². The Labute approximate surface area is 194 Å². The van der Waals surface area contributed by atoms with Crippen molar-refractivity contribution in [1.29, 1.82) is 0 Å². The van der Waals surface area contributed by atoms with Crippen molar-refractivity contribution in [2.24, 2.45) is 0 Å². The Bertz CT molecular complexity index is 1300. The zero-order valence-electron chi connectivity index (χ0n) is 18.5. The molecule has 1 heterocycles. The number of aromatic nitrogens is 1. The third-order valence-electron chi connectivity index (χ3n) is 5.13. The molecule has 0 saturated carbocycles. The predicted octanol–water partition coefficient (Wildman–Crippen LogP) is 5.49. The van der Waals surface area contributed by atoms with Gasteiger partial charge in [-0.25, -0.2) is 4.98 Å². The van der Waals surface area contributed by atoms with Crippen LogP contribution >= 0.6 is 0 Å². The first-order valence-electron chi connectivity index (χ1n) is 10.6. The minimum absolute atomic E-state index is 0.0186. The van der Waals surface area contributed by atoms with Crippen LogP contribution < -0.4 is 4.74 Å². The molecule has 170 valence electrons. The van der Waals surface area contributed by atoms with Crippen molar-refractivity contribution in [3.8, 4) is 17.2 Å². The van der Waals surface area contributed by atoms with Gasteiger partial charge in [0.05, 0.1) is 17.2 Å². The Kier molecular flexibility index (Phi) is 6.91. The van der Waals surface area contributed by atoms with Crippen molar-refractivity contribution in [3.05, 3.63) is 101 Å². The van der Waals surface area contributed by atoms with Gasteiger partial charge in [-0.2, -0.15) is 8.42 Å². The minimum Gasteiger partial charge on any atom is -0.489 e. The fourth-order valence-corrected chi connectivity index (χ4v) is 4.15. The molecule has 4 rings (SSSR count). The summed E-state index contributed by atoms with van der Waals surface area (Å²) in [5.74, 6) is 1.85. The van der Waals surface area contributed by atoms with Gasteiger partial charge < -0.3 is 9.15 Å². The minimum atomic E-state index is -3.81. The van der Waals surface area contributed by atoms with E-state index in [-0.39, 0.29) is 11.5 Å². The van der Waals surface area contributed by atoms with E-state index in [1.807, 2.05) is 61.5 Å². The molecule has 3 aromatic carbocycles. The maximum Gasteiger partial charge on any atom is 0.296 e. The number of benzene rings is 3. The van der Waals surface area contributed by atoms with E-state index < -0.39 is 10.1 Å². The van der Waals surface area contributed by atoms with E-state index in [4.69, 9.17) is 13.3 Å². The van der Waals surface area contributed by atoms with Crippen LogP contribution in [-0.2, 0) is 27.3 Å². The van der Waals surface area contributed by atoms with Crippen molar-refractivity contribution in [2.45, 2.75) is 31.8 Å². The van der Waals surface area contributed by atoms with Crippen LogP contribution in [0.2, 0.25) is 0 Å². The van der Waals surface area contributed by atoms with Gasteiger partial charge in [-0.1, -0.05) is 48.0 Å². The van der Waals surface area contributed by atoms with E-state index in [0.717, 1.165) is 22.4 Å². The highest BCUT2D eigenvalue weighted by molar-refractivity contribution is 7.86. The quantitative estimate of drug-likeness (QED) is 0.306. The normalized spacial score (nSPS) is 11.5. The molecule has 0 radical (unpaired) electrons. The predicted molar refractivity (Wildman–Crippen MR) is 125 cm³/mol. The summed E-state index contributed by atoms with van der Waals surface area (Å²) in [6.45, 7) is 4.17. The molecule has 33 heavy (non-hydrogen) atoms. The molecule has 0 saturated heterocycles. The second-order valence-corrected chi connectivity index (χ2v) is 9.28. The molecular weight excluding hydrogens is 438 g/mol. The third kappa shape index (κ3) is 5.88. The fourth-order valence-electron chi connectivity index (χ4n) is 3.24. The zero-order valence-corrected chi connectivity index (χ0v) is 19.3. The molecular formula is C26H25NO5S. The van der Waals surface area contributed by atoms with Crippen LogP contribution in [0.1, 0.15) is 22.6 Å². The number of hydrogen-bond donors (Lipinski definition) is 0. The molecule has 0 unspecified atom stereocenters. The number of aryl methyl sites for hydroxylation is 2. The van der Waals surface area contributed by atoms with Gasteiger partial charge in [0.1, 0.15) is 18.1 Å². The SMILES string of the molecule is Cc1ccc(S(=O)(=O)OCCc2nc(-c3ccc(OCc4ccccc4)cc3)oc2C)cc1. The lowest BCUT2D eigenvalue weighted by molar-refractivity contribution is 0.306. The van der Waals surface area contributed by atoms with Crippen molar-refractivity contribution in [2.75, 3.05) is 6.61 Å². The van der Waals surface area contributed by atoms with Gasteiger partial charge in [0, 0.05) is 12.0 Å². The monoisotopic (exact) mass is 463 g/mol. The molecule has 4 aromatic rings. The molecule has 0 N–H and O–H groups in total. The average Bonchev–Trinajstić information content (AvgIpc) is 3.19. The Hall–Kier alpha value is -3.42. The highest BCUT2D eigenvalue weighted by Gasteiger charge is 2.17. The highest BCUT2D eigenvalue weighted by Crippen LogP contribution is 2.25. The van der Waals surface area contributed by atoms with Crippen LogP contribution in [0.4, 0.5) is 0 Å². The number of oxazole rings is 1. The van der Waals surface area contributed by atoms with E-state index in [2.05, 4.69) is 4.98 Å². The van der Waals surface area contributed by atoms with E-state index in [1.165, 1.54) is 12.1 Å². The molecule has 0 bridgehead atoms.